The number of aromatic nitrogens is 2. The minimum absolute atomic E-state index is 0.0773. The number of Topliss-reactive ketones (excluding diaryl/α,β-unsaturated/α-hetero) is 1. The molecular weight excluding hydrogens is 559 g/mol. The van der Waals surface area contributed by atoms with Gasteiger partial charge in [-0.25, -0.2) is 17.8 Å². The Labute approximate surface area is 244 Å². The molecule has 2 spiro atoms. The fourth-order valence-electron chi connectivity index (χ4n) is 7.86. The van der Waals surface area contributed by atoms with E-state index in [-0.39, 0.29) is 29.0 Å². The number of carbonyl (C=O) groups is 1. The Balaban J connectivity index is 1.36. The summed E-state index contributed by atoms with van der Waals surface area (Å²) >= 11 is 0. The molecule has 9 nitrogen and oxygen atoms in total. The number of oxime groups is 1. The van der Waals surface area contributed by atoms with E-state index in [0.29, 0.717) is 38.0 Å². The highest BCUT2D eigenvalue weighted by molar-refractivity contribution is 7.92. The number of benzene rings is 2. The van der Waals surface area contributed by atoms with Crippen LogP contribution in [0, 0.1) is 23.6 Å². The predicted molar refractivity (Wildman–Crippen MR) is 154 cm³/mol. The van der Waals surface area contributed by atoms with Gasteiger partial charge in [-0.3, -0.25) is 4.79 Å². The number of fused-ring (bicyclic) bond motifs is 2. The van der Waals surface area contributed by atoms with Crippen molar-refractivity contribution in [2.75, 3.05) is 25.2 Å². The first-order valence-corrected chi connectivity index (χ1v) is 16.0. The lowest BCUT2D eigenvalue weighted by molar-refractivity contribution is -0.125. The van der Waals surface area contributed by atoms with Crippen molar-refractivity contribution < 1.29 is 27.2 Å². The number of aryl methyl sites for hydroxylation is 1. The zero-order valence-electron chi connectivity index (χ0n) is 23.8. The van der Waals surface area contributed by atoms with Gasteiger partial charge < -0.3 is 19.0 Å². The number of nitrogens with zero attached hydrogens (tertiary/aromatic N) is 4. The third-order valence-electron chi connectivity index (χ3n) is 9.69. The van der Waals surface area contributed by atoms with Crippen molar-refractivity contribution in [1.29, 1.82) is 0 Å². The van der Waals surface area contributed by atoms with Crippen LogP contribution >= 0.6 is 0 Å². The predicted octanol–water partition coefficient (Wildman–Crippen LogP) is 4.49. The number of hydrogen-bond acceptors (Lipinski definition) is 8. The first kappa shape index (κ1) is 27.1. The summed E-state index contributed by atoms with van der Waals surface area (Å²) in [6.07, 6.45) is 5.45. The Morgan fingerprint density at radius 3 is 2.57 bits per heavy atom. The molecule has 3 unspecified atom stereocenters. The molecule has 4 heterocycles. The third kappa shape index (κ3) is 4.07. The van der Waals surface area contributed by atoms with Crippen LogP contribution in [0.5, 0.6) is 5.75 Å². The number of ketones is 1. The number of hydrogen-bond donors (Lipinski definition) is 0. The summed E-state index contributed by atoms with van der Waals surface area (Å²) in [4.78, 5) is 25.7. The van der Waals surface area contributed by atoms with Crippen LogP contribution in [-0.4, -0.2) is 59.6 Å². The zero-order chi connectivity index (χ0) is 29.5. The lowest BCUT2D eigenvalue weighted by atomic mass is 9.54. The molecule has 0 bridgehead atoms. The van der Waals surface area contributed by atoms with Crippen molar-refractivity contribution in [3.63, 3.8) is 0 Å². The molecule has 3 aromatic rings. The Hall–Kier alpha value is -3.73. The molecule has 1 aromatic heterocycles. The minimum Gasteiger partial charge on any atom is -0.495 e. The Kier molecular flexibility index (Phi) is 5.90. The van der Waals surface area contributed by atoms with Gasteiger partial charge in [-0.1, -0.05) is 23.4 Å². The number of methoxy groups -OCH3 is 1. The average Bonchev–Trinajstić information content (AvgIpc) is 3.53. The molecule has 11 heteroatoms. The second-order valence-corrected chi connectivity index (χ2v) is 14.7. The topological polar surface area (TPSA) is 103 Å². The van der Waals surface area contributed by atoms with E-state index in [1.165, 1.54) is 12.1 Å². The van der Waals surface area contributed by atoms with Crippen molar-refractivity contribution in [2.45, 2.75) is 51.2 Å². The zero-order valence-corrected chi connectivity index (χ0v) is 24.7. The molecule has 3 aliphatic heterocycles. The molecule has 2 aromatic carbocycles. The first-order chi connectivity index (χ1) is 20.0. The molecule has 7 rings (SSSR count). The molecule has 1 aliphatic carbocycles. The maximum absolute atomic E-state index is 13.9. The lowest BCUT2D eigenvalue weighted by Crippen LogP contribution is -2.68. The van der Waals surface area contributed by atoms with Gasteiger partial charge in [0.15, 0.2) is 15.7 Å². The van der Waals surface area contributed by atoms with Gasteiger partial charge in [-0.2, -0.15) is 0 Å². The minimum atomic E-state index is -3.17. The summed E-state index contributed by atoms with van der Waals surface area (Å²) in [5.74, 6) is 1.07. The van der Waals surface area contributed by atoms with Gasteiger partial charge in [0.25, 0.3) is 0 Å². The average molecular weight is 593 g/mol. The standard InChI is InChI=1S/C31H33FN4O5S/c1-20-14-35(19-33-20)26-9-4-21(12-27(26)40-3)25-13-24(37)10-11-31(25)15-30(17-42(38,39)18-30)16-36-28(31)34-41-29(36,2)22-5-7-23(32)8-6-22/h4-9,12,14,19,25H,10-11,13,15-18H2,1-3H3. The highest BCUT2D eigenvalue weighted by Gasteiger charge is 2.66. The maximum Gasteiger partial charge on any atom is 0.234 e. The summed E-state index contributed by atoms with van der Waals surface area (Å²) < 4.78 is 46.9. The van der Waals surface area contributed by atoms with Crippen molar-refractivity contribution >= 4 is 21.5 Å². The van der Waals surface area contributed by atoms with Crippen LogP contribution in [0.3, 0.4) is 0 Å². The van der Waals surface area contributed by atoms with Crippen molar-refractivity contribution in [2.24, 2.45) is 16.0 Å². The highest BCUT2D eigenvalue weighted by Crippen LogP contribution is 2.62. The second-order valence-electron chi connectivity index (χ2n) is 12.6. The summed E-state index contributed by atoms with van der Waals surface area (Å²) in [6, 6.07) is 12.1. The molecule has 3 atom stereocenters. The normalized spacial score (nSPS) is 29.1. The summed E-state index contributed by atoms with van der Waals surface area (Å²) in [5, 5.41) is 4.70. The quantitative estimate of drug-likeness (QED) is 0.440. The highest BCUT2D eigenvalue weighted by atomic mass is 32.2. The molecule has 2 saturated heterocycles. The fourth-order valence-corrected chi connectivity index (χ4v) is 10.0. The van der Waals surface area contributed by atoms with E-state index in [4.69, 9.17) is 14.7 Å². The Morgan fingerprint density at radius 1 is 1.14 bits per heavy atom. The van der Waals surface area contributed by atoms with Crippen LogP contribution in [0.2, 0.25) is 0 Å². The van der Waals surface area contributed by atoms with Crippen LogP contribution in [-0.2, 0) is 25.2 Å². The molecule has 4 aliphatic rings. The number of carbonyl (C=O) groups excluding carboxylic acids is 1. The first-order valence-electron chi connectivity index (χ1n) is 14.2. The van der Waals surface area contributed by atoms with Crippen LogP contribution < -0.4 is 4.74 Å². The van der Waals surface area contributed by atoms with Gasteiger partial charge in [0.1, 0.15) is 17.3 Å². The van der Waals surface area contributed by atoms with Crippen LogP contribution in [0.4, 0.5) is 4.39 Å². The van der Waals surface area contributed by atoms with Crippen molar-refractivity contribution in [1.82, 2.24) is 14.5 Å². The molecule has 3 fully saturated rings. The number of imidazole rings is 1. The number of rotatable bonds is 4. The number of amidine groups is 1. The third-order valence-corrected chi connectivity index (χ3v) is 11.8. The monoisotopic (exact) mass is 592 g/mol. The van der Waals surface area contributed by atoms with E-state index in [9.17, 15) is 17.6 Å². The number of halogens is 1. The SMILES string of the molecule is COc1cc(C2CC(=O)CCC23CC2(CN4C3=NOC4(C)c3ccc(F)cc3)CS(=O)(=O)C2)ccc1-n1cnc(C)c1. The molecular formula is C31H33FN4O5S. The van der Waals surface area contributed by atoms with E-state index in [2.05, 4.69) is 9.88 Å². The number of ether oxygens (including phenoxy) is 1. The van der Waals surface area contributed by atoms with Gasteiger partial charge in [0, 0.05) is 54.8 Å². The Bertz CT molecular complexity index is 1720. The van der Waals surface area contributed by atoms with E-state index in [0.717, 1.165) is 28.3 Å². The van der Waals surface area contributed by atoms with Gasteiger partial charge in [0.05, 0.1) is 36.3 Å². The van der Waals surface area contributed by atoms with Crippen molar-refractivity contribution in [3.8, 4) is 11.4 Å². The molecule has 0 amide bonds. The Morgan fingerprint density at radius 2 is 1.90 bits per heavy atom. The summed E-state index contributed by atoms with van der Waals surface area (Å²) in [6.45, 7) is 4.26. The van der Waals surface area contributed by atoms with Crippen LogP contribution in [0.25, 0.3) is 5.69 Å². The number of sulfone groups is 1. The van der Waals surface area contributed by atoms with E-state index >= 15 is 0 Å². The van der Waals surface area contributed by atoms with Gasteiger partial charge in [-0.05, 0) is 49.6 Å². The van der Waals surface area contributed by atoms with Crippen LogP contribution in [0.1, 0.15) is 55.3 Å². The molecule has 1 saturated carbocycles. The molecule has 42 heavy (non-hydrogen) atoms. The largest absolute Gasteiger partial charge is 0.495 e. The van der Waals surface area contributed by atoms with Gasteiger partial charge in [0.2, 0.25) is 5.72 Å². The fraction of sp³-hybridized carbons (Fsp3) is 0.452. The summed E-state index contributed by atoms with van der Waals surface area (Å²) in [5.41, 5.74) is 1.16. The van der Waals surface area contributed by atoms with E-state index in [1.54, 1.807) is 25.6 Å². The lowest BCUT2D eigenvalue weighted by Gasteiger charge is -2.59. The van der Waals surface area contributed by atoms with Crippen molar-refractivity contribution in [3.05, 3.63) is 77.6 Å². The van der Waals surface area contributed by atoms with E-state index in [1.807, 2.05) is 42.8 Å². The van der Waals surface area contributed by atoms with Gasteiger partial charge >= 0.3 is 0 Å². The second kappa shape index (κ2) is 9.13. The maximum atomic E-state index is 13.9. The number of piperidine rings is 1. The molecule has 220 valence electrons. The molecule has 0 N–H and O–H groups in total. The summed E-state index contributed by atoms with van der Waals surface area (Å²) in [7, 11) is -1.55. The molecule has 0 radical (unpaired) electrons. The van der Waals surface area contributed by atoms with Crippen LogP contribution in [0.15, 0.2) is 60.1 Å². The smallest absolute Gasteiger partial charge is 0.234 e. The van der Waals surface area contributed by atoms with Gasteiger partial charge in [-0.15, -0.1) is 0 Å². The van der Waals surface area contributed by atoms with E-state index < -0.39 is 26.4 Å².